The van der Waals surface area contributed by atoms with Crippen LogP contribution in [0.5, 0.6) is 0 Å². The van der Waals surface area contributed by atoms with Crippen LogP contribution < -0.4 is 4.90 Å². The molecule has 0 aromatic heterocycles. The van der Waals surface area contributed by atoms with Crippen LogP contribution in [0.15, 0.2) is 30.3 Å². The Morgan fingerprint density at radius 1 is 0.952 bits per heavy atom. The summed E-state index contributed by atoms with van der Waals surface area (Å²) >= 11 is 0. The second-order valence-corrected chi connectivity index (χ2v) is 8.40. The van der Waals surface area contributed by atoms with Gasteiger partial charge < -0.3 is 18.2 Å². The van der Waals surface area contributed by atoms with E-state index in [1.165, 1.54) is 24.9 Å². The molecule has 1 aliphatic rings. The Kier molecular flexibility index (Phi) is 6.70. The van der Waals surface area contributed by atoms with Crippen molar-refractivity contribution in [2.75, 3.05) is 38.8 Å². The highest BCUT2D eigenvalue weighted by molar-refractivity contribution is 6.60. The lowest BCUT2D eigenvalue weighted by Crippen LogP contribution is -2.45. The van der Waals surface area contributed by atoms with Crippen molar-refractivity contribution >= 4 is 14.5 Å². The molecule has 4 nitrogen and oxygen atoms in total. The molecule has 1 aliphatic heterocycles. The molecule has 0 amide bonds. The molecule has 0 bridgehead atoms. The van der Waals surface area contributed by atoms with Gasteiger partial charge >= 0.3 is 8.80 Å². The number of hydrogen-bond acceptors (Lipinski definition) is 4. The van der Waals surface area contributed by atoms with Gasteiger partial charge in [0.1, 0.15) is 0 Å². The van der Waals surface area contributed by atoms with Gasteiger partial charge in [-0.2, -0.15) is 0 Å². The smallest absolute Gasteiger partial charge is 0.377 e. The molecule has 0 atom stereocenters. The van der Waals surface area contributed by atoms with Crippen molar-refractivity contribution in [1.29, 1.82) is 0 Å². The van der Waals surface area contributed by atoms with Crippen LogP contribution >= 0.6 is 0 Å². The van der Waals surface area contributed by atoms with Crippen LogP contribution in [0.4, 0.5) is 5.69 Å². The van der Waals surface area contributed by atoms with Gasteiger partial charge in [-0.3, -0.25) is 0 Å². The van der Waals surface area contributed by atoms with E-state index in [1.54, 1.807) is 14.2 Å². The highest BCUT2D eigenvalue weighted by Gasteiger charge is 2.38. The first-order valence-corrected chi connectivity index (χ1v) is 9.77. The molecule has 0 saturated carbocycles. The molecule has 1 fully saturated rings. The minimum Gasteiger partial charge on any atom is -0.377 e. The molecular weight excluding hydrogens is 282 g/mol. The molecule has 0 aliphatic carbocycles. The third-order valence-corrected chi connectivity index (χ3v) is 6.94. The third-order valence-electron chi connectivity index (χ3n) is 4.09. The predicted octanol–water partition coefficient (Wildman–Crippen LogP) is 3.32. The lowest BCUT2D eigenvalue weighted by atomic mass is 10.2. The molecule has 0 spiro atoms. The second-order valence-electron chi connectivity index (χ2n) is 5.43. The average molecular weight is 309 g/mol. The van der Waals surface area contributed by atoms with E-state index in [0.717, 1.165) is 25.6 Å². The van der Waals surface area contributed by atoms with E-state index < -0.39 is 8.80 Å². The largest absolute Gasteiger partial charge is 0.500 e. The number of anilines is 1. The van der Waals surface area contributed by atoms with E-state index in [0.29, 0.717) is 6.61 Å². The van der Waals surface area contributed by atoms with Crippen molar-refractivity contribution in [3.8, 4) is 0 Å². The van der Waals surface area contributed by atoms with Gasteiger partial charge in [0.25, 0.3) is 0 Å². The molecule has 5 heteroatoms. The fourth-order valence-electron chi connectivity index (χ4n) is 2.80. The summed E-state index contributed by atoms with van der Waals surface area (Å²) in [7, 11) is 0.978. The van der Waals surface area contributed by atoms with Crippen molar-refractivity contribution in [3.63, 3.8) is 0 Å². The van der Waals surface area contributed by atoms with E-state index in [9.17, 15) is 0 Å². The summed E-state index contributed by atoms with van der Waals surface area (Å²) in [5.41, 5.74) is 1.27. The van der Waals surface area contributed by atoms with Crippen molar-refractivity contribution < 1.29 is 13.3 Å². The van der Waals surface area contributed by atoms with Crippen LogP contribution in [-0.2, 0) is 13.3 Å². The molecule has 0 unspecified atom stereocenters. The maximum Gasteiger partial charge on any atom is 0.500 e. The number of rotatable bonds is 3. The Morgan fingerprint density at radius 3 is 2.38 bits per heavy atom. The Morgan fingerprint density at radius 2 is 1.67 bits per heavy atom. The van der Waals surface area contributed by atoms with Gasteiger partial charge in [-0.1, -0.05) is 31.0 Å². The first-order chi connectivity index (χ1) is 10.3. The van der Waals surface area contributed by atoms with Crippen LogP contribution in [0.1, 0.15) is 25.7 Å². The number of benzene rings is 1. The van der Waals surface area contributed by atoms with Gasteiger partial charge in [-0.25, -0.2) is 0 Å². The van der Waals surface area contributed by atoms with Gasteiger partial charge in [0.2, 0.25) is 0 Å². The normalized spacial score (nSPS) is 20.8. The number of hydrogen-bond donors (Lipinski definition) is 0. The van der Waals surface area contributed by atoms with Gasteiger partial charge in [0.15, 0.2) is 0 Å². The maximum atomic E-state index is 6.06. The summed E-state index contributed by atoms with van der Waals surface area (Å²) in [5.74, 6) is 0. The second kappa shape index (κ2) is 8.53. The molecule has 0 radical (unpaired) electrons. The zero-order chi connectivity index (χ0) is 15.0. The van der Waals surface area contributed by atoms with Crippen LogP contribution in [0.25, 0.3) is 0 Å². The molecule has 2 rings (SSSR count). The van der Waals surface area contributed by atoms with Crippen LogP contribution in [0.2, 0.25) is 6.04 Å². The number of nitrogens with zero attached hydrogens (tertiary/aromatic N) is 1. The SMILES string of the molecule is CO[Si]1(OC)CCCCCCN(c2ccccc2)CCO1. The minimum absolute atomic E-state index is 0.656. The Balaban J connectivity index is 2.03. The van der Waals surface area contributed by atoms with Crippen molar-refractivity contribution in [2.45, 2.75) is 31.7 Å². The highest BCUT2D eigenvalue weighted by Crippen LogP contribution is 2.21. The van der Waals surface area contributed by atoms with Gasteiger partial charge in [-0.05, 0) is 25.0 Å². The van der Waals surface area contributed by atoms with E-state index >= 15 is 0 Å². The van der Waals surface area contributed by atoms with E-state index in [-0.39, 0.29) is 0 Å². The minimum atomic E-state index is -2.45. The zero-order valence-electron chi connectivity index (χ0n) is 13.2. The Bertz CT molecular complexity index is 398. The van der Waals surface area contributed by atoms with Crippen molar-refractivity contribution in [3.05, 3.63) is 30.3 Å². The summed E-state index contributed by atoms with van der Waals surface area (Å²) in [6.45, 7) is 2.62. The van der Waals surface area contributed by atoms with Gasteiger partial charge in [-0.15, -0.1) is 0 Å². The molecule has 1 aromatic rings. The van der Waals surface area contributed by atoms with Crippen molar-refractivity contribution in [1.82, 2.24) is 0 Å². The quantitative estimate of drug-likeness (QED) is 0.802. The fraction of sp³-hybridized carbons (Fsp3) is 0.625. The standard InChI is InChI=1S/C16H27NO3Si/c1-18-21(19-2)15-9-4-3-8-12-17(13-14-20-21)16-10-6-5-7-11-16/h5-7,10-11H,3-4,8-9,12-15H2,1-2H3. The van der Waals surface area contributed by atoms with Crippen LogP contribution in [0, 0.1) is 0 Å². The topological polar surface area (TPSA) is 30.9 Å². The Labute approximate surface area is 129 Å². The number of para-hydroxylation sites is 1. The van der Waals surface area contributed by atoms with E-state index in [2.05, 4.69) is 35.2 Å². The molecule has 1 heterocycles. The average Bonchev–Trinajstić information content (AvgIpc) is 2.59. The third kappa shape index (κ3) is 4.81. The zero-order valence-corrected chi connectivity index (χ0v) is 14.2. The lowest BCUT2D eigenvalue weighted by Gasteiger charge is -2.29. The maximum absolute atomic E-state index is 6.06. The van der Waals surface area contributed by atoms with E-state index in [1.807, 2.05) is 0 Å². The summed E-state index contributed by atoms with van der Waals surface area (Å²) in [6.07, 6.45) is 4.82. The Hall–Kier alpha value is -0.883. The lowest BCUT2D eigenvalue weighted by molar-refractivity contribution is 0.100. The van der Waals surface area contributed by atoms with Crippen molar-refractivity contribution in [2.24, 2.45) is 0 Å². The van der Waals surface area contributed by atoms with Gasteiger partial charge in [0.05, 0.1) is 6.61 Å². The summed E-state index contributed by atoms with van der Waals surface area (Å²) in [4.78, 5) is 2.40. The van der Waals surface area contributed by atoms with Gasteiger partial charge in [0, 0.05) is 39.0 Å². The van der Waals surface area contributed by atoms with E-state index in [4.69, 9.17) is 13.3 Å². The highest BCUT2D eigenvalue weighted by atomic mass is 28.4. The molecule has 0 N–H and O–H groups in total. The first kappa shape index (κ1) is 16.5. The summed E-state index contributed by atoms with van der Waals surface area (Å²) in [5, 5.41) is 0. The molecular formula is C16H27NO3Si. The summed E-state index contributed by atoms with van der Waals surface area (Å²) < 4.78 is 17.3. The first-order valence-electron chi connectivity index (χ1n) is 7.84. The van der Waals surface area contributed by atoms with Crippen LogP contribution in [0.3, 0.4) is 0 Å². The molecule has 1 saturated heterocycles. The predicted molar refractivity (Wildman–Crippen MR) is 87.7 cm³/mol. The molecule has 118 valence electrons. The monoisotopic (exact) mass is 309 g/mol. The summed E-state index contributed by atoms with van der Waals surface area (Å²) in [6, 6.07) is 11.5. The molecule has 1 aromatic carbocycles. The fourth-order valence-corrected chi connectivity index (χ4v) is 4.84. The van der Waals surface area contributed by atoms with Crippen LogP contribution in [-0.4, -0.2) is 42.7 Å². The molecule has 21 heavy (non-hydrogen) atoms.